The van der Waals surface area contributed by atoms with E-state index in [1.807, 2.05) is 20.8 Å². The topological polar surface area (TPSA) is 102 Å². The van der Waals surface area contributed by atoms with Crippen LogP contribution >= 0.6 is 0 Å². The van der Waals surface area contributed by atoms with Crippen molar-refractivity contribution in [2.75, 3.05) is 6.54 Å². The van der Waals surface area contributed by atoms with Crippen LogP contribution in [0.4, 0.5) is 4.79 Å². The van der Waals surface area contributed by atoms with Gasteiger partial charge in [0.05, 0.1) is 17.0 Å². The Balaban J connectivity index is 2.09. The molecule has 1 heterocycles. The molecule has 0 aliphatic carbocycles. The Morgan fingerprint density at radius 1 is 1.00 bits per heavy atom. The molecule has 0 bridgehead atoms. The maximum Gasteiger partial charge on any atom is 0.407 e. The average Bonchev–Trinajstić information content (AvgIpc) is 2.81. The van der Waals surface area contributed by atoms with Gasteiger partial charge in [-0.3, -0.25) is 9.59 Å². The summed E-state index contributed by atoms with van der Waals surface area (Å²) in [5, 5.41) is 3.04. The quantitative estimate of drug-likeness (QED) is 0.756. The molecule has 8 heteroatoms. The smallest absolute Gasteiger partial charge is 0.407 e. The fraction of sp³-hybridized carbons (Fsp3) is 0.524. The van der Waals surface area contributed by atoms with E-state index in [2.05, 4.69) is 5.32 Å². The molecule has 158 valence electrons. The van der Waals surface area contributed by atoms with Crippen LogP contribution in [-0.2, 0) is 14.4 Å². The van der Waals surface area contributed by atoms with E-state index in [9.17, 15) is 19.2 Å². The molecule has 1 aliphatic rings. The third kappa shape index (κ3) is 6.04. The second-order valence-corrected chi connectivity index (χ2v) is 9.21. The molecule has 0 spiro atoms. The summed E-state index contributed by atoms with van der Waals surface area (Å²) < 4.78 is 5.19. The number of hydroxylamine groups is 2. The van der Waals surface area contributed by atoms with E-state index >= 15 is 0 Å². The van der Waals surface area contributed by atoms with Gasteiger partial charge in [-0.2, -0.15) is 0 Å². The number of hydrogen-bond donors (Lipinski definition) is 1. The third-order valence-electron chi connectivity index (χ3n) is 4.02. The molecule has 2 rings (SSSR count). The first-order chi connectivity index (χ1) is 13.3. The van der Waals surface area contributed by atoms with Crippen molar-refractivity contribution in [3.63, 3.8) is 0 Å². The van der Waals surface area contributed by atoms with Gasteiger partial charge >= 0.3 is 12.1 Å². The molecule has 8 nitrogen and oxygen atoms in total. The molecule has 0 saturated heterocycles. The largest absolute Gasteiger partial charge is 0.444 e. The van der Waals surface area contributed by atoms with Crippen molar-refractivity contribution in [1.29, 1.82) is 0 Å². The van der Waals surface area contributed by atoms with Crippen molar-refractivity contribution >= 4 is 23.9 Å². The molecule has 0 aromatic heterocycles. The molecule has 0 fully saturated rings. The molecule has 1 unspecified atom stereocenters. The van der Waals surface area contributed by atoms with E-state index in [4.69, 9.17) is 9.57 Å². The summed E-state index contributed by atoms with van der Waals surface area (Å²) in [6, 6.07) is 6.26. The van der Waals surface area contributed by atoms with Gasteiger partial charge in [0, 0.05) is 6.54 Å². The van der Waals surface area contributed by atoms with Crippen molar-refractivity contribution in [3.8, 4) is 0 Å². The van der Waals surface area contributed by atoms with Gasteiger partial charge in [0.15, 0.2) is 0 Å². The van der Waals surface area contributed by atoms with Crippen LogP contribution in [0.15, 0.2) is 24.3 Å². The predicted octanol–water partition coefficient (Wildman–Crippen LogP) is 3.32. The predicted molar refractivity (Wildman–Crippen MR) is 105 cm³/mol. The molecule has 1 aromatic rings. The molecule has 0 radical (unpaired) electrons. The minimum atomic E-state index is -0.773. The van der Waals surface area contributed by atoms with Gasteiger partial charge in [-0.05, 0) is 44.7 Å². The van der Waals surface area contributed by atoms with E-state index in [1.54, 1.807) is 32.9 Å². The summed E-state index contributed by atoms with van der Waals surface area (Å²) in [5.74, 6) is -2.92. The first-order valence-corrected chi connectivity index (χ1v) is 9.45. The van der Waals surface area contributed by atoms with E-state index in [0.717, 1.165) is 0 Å². The summed E-state index contributed by atoms with van der Waals surface area (Å²) in [6.07, 6.45) is -0.296. The van der Waals surface area contributed by atoms with Gasteiger partial charge < -0.3 is 14.9 Å². The van der Waals surface area contributed by atoms with Gasteiger partial charge in [-0.15, -0.1) is 0 Å². The number of hydrogen-bond acceptors (Lipinski definition) is 6. The van der Waals surface area contributed by atoms with Crippen LogP contribution in [0.25, 0.3) is 0 Å². The van der Waals surface area contributed by atoms with E-state index in [1.165, 1.54) is 12.1 Å². The average molecular weight is 404 g/mol. The first kappa shape index (κ1) is 22.4. The Morgan fingerprint density at radius 3 is 1.97 bits per heavy atom. The van der Waals surface area contributed by atoms with Crippen molar-refractivity contribution in [2.45, 2.75) is 53.6 Å². The monoisotopic (exact) mass is 404 g/mol. The standard InChI is InChI=1S/C21H28N2O6/c1-20(2,3)11-13(12-22-19(27)28-21(4,5)6)18(26)29-23-16(24)14-9-7-8-10-15(14)17(23)25/h7-10,13H,11-12H2,1-6H3,(H,22,27). The lowest BCUT2D eigenvalue weighted by molar-refractivity contribution is -0.174. The number of rotatable bonds is 5. The zero-order chi connectivity index (χ0) is 22.0. The van der Waals surface area contributed by atoms with E-state index in [0.29, 0.717) is 11.5 Å². The highest BCUT2D eigenvalue weighted by Crippen LogP contribution is 2.27. The lowest BCUT2D eigenvalue weighted by atomic mass is 9.84. The number of imide groups is 1. The second kappa shape index (κ2) is 8.23. The van der Waals surface area contributed by atoms with Crippen molar-refractivity contribution in [2.24, 2.45) is 11.3 Å². The summed E-state index contributed by atoms with van der Waals surface area (Å²) in [7, 11) is 0. The molecule has 1 atom stereocenters. The molecular weight excluding hydrogens is 376 g/mol. The van der Waals surface area contributed by atoms with Gasteiger partial charge in [-0.25, -0.2) is 9.59 Å². The van der Waals surface area contributed by atoms with Crippen molar-refractivity contribution in [1.82, 2.24) is 10.4 Å². The summed E-state index contributed by atoms with van der Waals surface area (Å²) in [6.45, 7) is 10.9. The lowest BCUT2D eigenvalue weighted by Crippen LogP contribution is -2.41. The number of benzene rings is 1. The highest BCUT2D eigenvalue weighted by Gasteiger charge is 2.40. The van der Waals surface area contributed by atoms with Crippen LogP contribution in [0.3, 0.4) is 0 Å². The molecule has 0 saturated carbocycles. The van der Waals surface area contributed by atoms with Crippen LogP contribution in [0.1, 0.15) is 68.7 Å². The third-order valence-corrected chi connectivity index (χ3v) is 4.02. The SMILES string of the molecule is CC(C)(C)CC(CNC(=O)OC(C)(C)C)C(=O)ON1C(=O)c2ccccc2C1=O. The molecule has 3 amide bonds. The van der Waals surface area contributed by atoms with Crippen molar-refractivity contribution < 1.29 is 28.8 Å². The number of carbonyl (C=O) groups is 4. The fourth-order valence-corrected chi connectivity index (χ4v) is 2.91. The Labute approximate surface area is 170 Å². The summed E-state index contributed by atoms with van der Waals surface area (Å²) >= 11 is 0. The maximum atomic E-state index is 12.8. The number of carbonyl (C=O) groups excluding carboxylic acids is 4. The number of nitrogens with one attached hydrogen (secondary N) is 1. The summed E-state index contributed by atoms with van der Waals surface area (Å²) in [4.78, 5) is 54.7. The van der Waals surface area contributed by atoms with Crippen molar-refractivity contribution in [3.05, 3.63) is 35.4 Å². The molecule has 1 N–H and O–H groups in total. The van der Waals surface area contributed by atoms with Gasteiger partial charge in [0.2, 0.25) is 0 Å². The zero-order valence-corrected chi connectivity index (χ0v) is 17.7. The zero-order valence-electron chi connectivity index (χ0n) is 17.7. The normalized spacial score (nSPS) is 15.0. The van der Waals surface area contributed by atoms with Crippen LogP contribution < -0.4 is 5.32 Å². The van der Waals surface area contributed by atoms with Crippen LogP contribution in [0.5, 0.6) is 0 Å². The van der Waals surface area contributed by atoms with Gasteiger partial charge in [0.1, 0.15) is 5.60 Å². The molecule has 1 aromatic carbocycles. The number of fused-ring (bicyclic) bond motifs is 1. The van der Waals surface area contributed by atoms with Crippen LogP contribution in [0.2, 0.25) is 0 Å². The Bertz CT molecular complexity index is 784. The van der Waals surface area contributed by atoms with E-state index in [-0.39, 0.29) is 23.1 Å². The second-order valence-electron chi connectivity index (χ2n) is 9.21. The number of alkyl carbamates (subject to hydrolysis) is 1. The molecular formula is C21H28N2O6. The first-order valence-electron chi connectivity index (χ1n) is 9.45. The number of ether oxygens (including phenoxy) is 1. The van der Waals surface area contributed by atoms with Gasteiger partial charge in [-0.1, -0.05) is 38.0 Å². The Morgan fingerprint density at radius 2 is 1.52 bits per heavy atom. The van der Waals surface area contributed by atoms with Gasteiger partial charge in [0.25, 0.3) is 11.8 Å². The Hall–Kier alpha value is -2.90. The number of amides is 3. The minimum Gasteiger partial charge on any atom is -0.444 e. The van der Waals surface area contributed by atoms with Crippen LogP contribution in [-0.4, -0.2) is 41.1 Å². The fourth-order valence-electron chi connectivity index (χ4n) is 2.91. The highest BCUT2D eigenvalue weighted by atomic mass is 16.7. The van der Waals surface area contributed by atoms with Crippen LogP contribution in [0, 0.1) is 11.3 Å². The highest BCUT2D eigenvalue weighted by molar-refractivity contribution is 6.20. The maximum absolute atomic E-state index is 12.8. The summed E-state index contributed by atoms with van der Waals surface area (Å²) in [5.41, 5.74) is -0.569. The lowest BCUT2D eigenvalue weighted by Gasteiger charge is -2.26. The number of nitrogens with zero attached hydrogens (tertiary/aromatic N) is 1. The molecule has 1 aliphatic heterocycles. The minimum absolute atomic E-state index is 0.0474. The Kier molecular flexibility index (Phi) is 6.35. The molecule has 29 heavy (non-hydrogen) atoms. The van der Waals surface area contributed by atoms with E-state index < -0.39 is 35.4 Å².